The molecule has 4 heteroatoms. The Balaban J connectivity index is 2.94. The number of ether oxygens (including phenoxy) is 1. The zero-order valence-electron chi connectivity index (χ0n) is 11.7. The highest BCUT2D eigenvalue weighted by molar-refractivity contribution is 5.24. The first-order valence-corrected chi connectivity index (χ1v) is 6.05. The molecule has 1 rings (SSSR count). The summed E-state index contributed by atoms with van der Waals surface area (Å²) in [6, 6.07) is 0.464. The van der Waals surface area contributed by atoms with E-state index >= 15 is 0 Å². The quantitative estimate of drug-likeness (QED) is 0.853. The third-order valence-corrected chi connectivity index (χ3v) is 2.84. The van der Waals surface area contributed by atoms with Crippen molar-refractivity contribution in [2.24, 2.45) is 0 Å². The maximum atomic E-state index is 5.24. The Bertz CT molecular complexity index is 354. The molecule has 17 heavy (non-hydrogen) atoms. The smallest absolute Gasteiger partial charge is 0.157 e. The van der Waals surface area contributed by atoms with Gasteiger partial charge in [0.05, 0.1) is 0 Å². The van der Waals surface area contributed by atoms with Crippen molar-refractivity contribution in [3.8, 4) is 0 Å². The lowest BCUT2D eigenvalue weighted by Crippen LogP contribution is -2.24. The van der Waals surface area contributed by atoms with Gasteiger partial charge >= 0.3 is 0 Å². The minimum atomic E-state index is -0.0560. The van der Waals surface area contributed by atoms with Gasteiger partial charge in [0.15, 0.2) is 5.82 Å². The Kier molecular flexibility index (Phi) is 5.02. The fourth-order valence-electron chi connectivity index (χ4n) is 1.61. The SMILES string of the molecule is COC(C)c1nc(C)c(CNC(C)C)c(C)n1. The van der Waals surface area contributed by atoms with E-state index in [0.717, 1.165) is 23.8 Å². The first kappa shape index (κ1) is 14.1. The first-order chi connectivity index (χ1) is 7.95. The topological polar surface area (TPSA) is 47.0 Å². The zero-order valence-corrected chi connectivity index (χ0v) is 11.7. The highest BCUT2D eigenvalue weighted by Crippen LogP contribution is 2.16. The molecule has 1 N–H and O–H groups in total. The summed E-state index contributed by atoms with van der Waals surface area (Å²) in [6.07, 6.45) is -0.0560. The van der Waals surface area contributed by atoms with Crippen molar-refractivity contribution in [3.63, 3.8) is 0 Å². The number of hydrogen-bond donors (Lipinski definition) is 1. The van der Waals surface area contributed by atoms with Crippen LogP contribution in [0.25, 0.3) is 0 Å². The summed E-state index contributed by atoms with van der Waals surface area (Å²) in [5.41, 5.74) is 3.25. The van der Waals surface area contributed by atoms with Gasteiger partial charge in [-0.25, -0.2) is 9.97 Å². The van der Waals surface area contributed by atoms with Crippen molar-refractivity contribution in [1.82, 2.24) is 15.3 Å². The van der Waals surface area contributed by atoms with Gasteiger partial charge in [0.2, 0.25) is 0 Å². The predicted molar refractivity (Wildman–Crippen MR) is 68.9 cm³/mol. The number of rotatable bonds is 5. The molecule has 96 valence electrons. The molecule has 0 bridgehead atoms. The van der Waals surface area contributed by atoms with Crippen molar-refractivity contribution in [3.05, 3.63) is 22.8 Å². The first-order valence-electron chi connectivity index (χ1n) is 6.05. The second-order valence-electron chi connectivity index (χ2n) is 4.64. The van der Waals surface area contributed by atoms with E-state index in [1.54, 1.807) is 7.11 Å². The summed E-state index contributed by atoms with van der Waals surface area (Å²) >= 11 is 0. The van der Waals surface area contributed by atoms with Crippen molar-refractivity contribution in [2.45, 2.75) is 53.3 Å². The molecule has 0 spiro atoms. The van der Waals surface area contributed by atoms with Crippen LogP contribution in [0.2, 0.25) is 0 Å². The minimum absolute atomic E-state index is 0.0560. The van der Waals surface area contributed by atoms with Crippen molar-refractivity contribution in [1.29, 1.82) is 0 Å². The summed E-state index contributed by atoms with van der Waals surface area (Å²) in [5.74, 6) is 0.760. The second kappa shape index (κ2) is 6.07. The standard InChI is InChI=1S/C13H23N3O/c1-8(2)14-7-12-9(3)15-13(11(5)17-6)16-10(12)4/h8,11,14H,7H2,1-6H3. The third kappa shape index (κ3) is 3.75. The number of nitrogens with one attached hydrogen (secondary N) is 1. The van der Waals surface area contributed by atoms with Gasteiger partial charge in [-0.2, -0.15) is 0 Å². The number of nitrogens with zero attached hydrogens (tertiary/aromatic N) is 2. The fraction of sp³-hybridized carbons (Fsp3) is 0.692. The molecular formula is C13H23N3O. The Morgan fingerprint density at radius 3 is 2.06 bits per heavy atom. The van der Waals surface area contributed by atoms with E-state index in [2.05, 4.69) is 29.1 Å². The predicted octanol–water partition coefficient (Wildman–Crippen LogP) is 2.30. The van der Waals surface area contributed by atoms with Crippen LogP contribution in [0.4, 0.5) is 0 Å². The van der Waals surface area contributed by atoms with E-state index in [1.807, 2.05) is 20.8 Å². The summed E-state index contributed by atoms with van der Waals surface area (Å²) in [6.45, 7) is 11.1. The van der Waals surface area contributed by atoms with Crippen molar-refractivity contribution >= 4 is 0 Å². The summed E-state index contributed by atoms with van der Waals surface area (Å²) in [4.78, 5) is 9.01. The Morgan fingerprint density at radius 2 is 1.65 bits per heavy atom. The maximum absolute atomic E-state index is 5.24. The monoisotopic (exact) mass is 237 g/mol. The second-order valence-corrected chi connectivity index (χ2v) is 4.64. The number of hydrogen-bond acceptors (Lipinski definition) is 4. The van der Waals surface area contributed by atoms with Crippen LogP contribution < -0.4 is 5.32 Å². The Hall–Kier alpha value is -1.00. The number of methoxy groups -OCH3 is 1. The lowest BCUT2D eigenvalue weighted by atomic mass is 10.1. The van der Waals surface area contributed by atoms with E-state index in [-0.39, 0.29) is 6.10 Å². The van der Waals surface area contributed by atoms with E-state index < -0.39 is 0 Å². The molecule has 0 aliphatic heterocycles. The molecule has 1 aromatic rings. The van der Waals surface area contributed by atoms with Crippen LogP contribution in [0.15, 0.2) is 0 Å². The minimum Gasteiger partial charge on any atom is -0.374 e. The van der Waals surface area contributed by atoms with Crippen LogP contribution in [-0.2, 0) is 11.3 Å². The molecule has 1 atom stereocenters. The molecule has 0 fully saturated rings. The van der Waals surface area contributed by atoms with Gasteiger partial charge in [0.1, 0.15) is 6.10 Å². The molecule has 0 aliphatic rings. The van der Waals surface area contributed by atoms with E-state index in [1.165, 1.54) is 5.56 Å². The molecule has 0 aromatic carbocycles. The Morgan fingerprint density at radius 1 is 1.12 bits per heavy atom. The van der Waals surface area contributed by atoms with Crippen LogP contribution in [0, 0.1) is 13.8 Å². The zero-order chi connectivity index (χ0) is 13.0. The van der Waals surface area contributed by atoms with Gasteiger partial charge in [-0.1, -0.05) is 13.8 Å². The average molecular weight is 237 g/mol. The summed E-state index contributed by atoms with van der Waals surface area (Å²) < 4.78 is 5.24. The molecule has 0 saturated carbocycles. The van der Waals surface area contributed by atoms with Crippen LogP contribution in [-0.4, -0.2) is 23.1 Å². The van der Waals surface area contributed by atoms with E-state index in [4.69, 9.17) is 4.74 Å². The Labute approximate surface area is 104 Å². The lowest BCUT2D eigenvalue weighted by Gasteiger charge is -2.15. The largest absolute Gasteiger partial charge is 0.374 e. The van der Waals surface area contributed by atoms with Crippen LogP contribution in [0.5, 0.6) is 0 Å². The molecule has 1 heterocycles. The molecule has 0 radical (unpaired) electrons. The van der Waals surface area contributed by atoms with Crippen LogP contribution in [0.1, 0.15) is 49.7 Å². The molecular weight excluding hydrogens is 214 g/mol. The summed E-state index contributed by atoms with van der Waals surface area (Å²) in [5, 5.41) is 3.39. The van der Waals surface area contributed by atoms with Crippen molar-refractivity contribution < 1.29 is 4.74 Å². The van der Waals surface area contributed by atoms with Crippen LogP contribution in [0.3, 0.4) is 0 Å². The average Bonchev–Trinajstić information content (AvgIpc) is 2.26. The van der Waals surface area contributed by atoms with Gasteiger partial charge in [0, 0.05) is 36.6 Å². The van der Waals surface area contributed by atoms with Gasteiger partial charge in [-0.15, -0.1) is 0 Å². The molecule has 0 saturated heterocycles. The fourth-order valence-corrected chi connectivity index (χ4v) is 1.61. The highest BCUT2D eigenvalue weighted by atomic mass is 16.5. The van der Waals surface area contributed by atoms with Crippen molar-refractivity contribution in [2.75, 3.05) is 7.11 Å². The van der Waals surface area contributed by atoms with E-state index in [9.17, 15) is 0 Å². The molecule has 0 amide bonds. The molecule has 0 aliphatic carbocycles. The highest BCUT2D eigenvalue weighted by Gasteiger charge is 2.12. The molecule has 4 nitrogen and oxygen atoms in total. The van der Waals surface area contributed by atoms with Gasteiger partial charge in [0.25, 0.3) is 0 Å². The number of aromatic nitrogens is 2. The van der Waals surface area contributed by atoms with Gasteiger partial charge in [-0.3, -0.25) is 0 Å². The van der Waals surface area contributed by atoms with Gasteiger partial charge < -0.3 is 10.1 Å². The van der Waals surface area contributed by atoms with Crippen LogP contribution >= 0.6 is 0 Å². The lowest BCUT2D eigenvalue weighted by molar-refractivity contribution is 0.111. The summed E-state index contributed by atoms with van der Waals surface area (Å²) in [7, 11) is 1.67. The normalized spacial score (nSPS) is 13.1. The third-order valence-electron chi connectivity index (χ3n) is 2.84. The van der Waals surface area contributed by atoms with Gasteiger partial charge in [-0.05, 0) is 20.8 Å². The maximum Gasteiger partial charge on any atom is 0.157 e. The number of aryl methyl sites for hydroxylation is 2. The molecule has 1 unspecified atom stereocenters. The van der Waals surface area contributed by atoms with E-state index in [0.29, 0.717) is 6.04 Å². The molecule has 1 aromatic heterocycles.